The smallest absolute Gasteiger partial charge is 0.224 e. The van der Waals surface area contributed by atoms with E-state index in [2.05, 4.69) is 46.2 Å². The van der Waals surface area contributed by atoms with E-state index in [0.717, 1.165) is 80.4 Å². The Kier molecular flexibility index (Phi) is 11.0. The van der Waals surface area contributed by atoms with E-state index in [1.54, 1.807) is 35.3 Å². The molecule has 2 N–H and O–H groups in total. The number of nitrogens with one attached hydrogen (secondary N) is 2. The number of H-pyrrole nitrogens is 1. The zero-order valence-electron chi connectivity index (χ0n) is 19.8. The van der Waals surface area contributed by atoms with Crippen LogP contribution < -0.4 is 5.32 Å². The Morgan fingerprint density at radius 3 is 2.52 bits per heavy atom. The number of unbranched alkanes of at least 4 members (excludes halogenated alkanes) is 4. The number of carbonyl (C=O) groups is 1. The lowest BCUT2D eigenvalue weighted by Gasteiger charge is -2.15. The molecule has 3 rings (SSSR count). The van der Waals surface area contributed by atoms with Gasteiger partial charge in [0.1, 0.15) is 5.03 Å². The molecule has 0 fully saturated rings. The van der Waals surface area contributed by atoms with E-state index < -0.39 is 0 Å². The number of carbonyl (C=O) groups excluding carboxylic acids is 1. The molecule has 1 amide bonds. The van der Waals surface area contributed by atoms with Gasteiger partial charge in [-0.15, -0.1) is 23.5 Å². The maximum absolute atomic E-state index is 12.6. The molecule has 8 heteroatoms. The van der Waals surface area contributed by atoms with Gasteiger partial charge < -0.3 is 10.3 Å². The number of aryl methyl sites for hydroxylation is 1. The van der Waals surface area contributed by atoms with E-state index in [4.69, 9.17) is 0 Å². The first-order chi connectivity index (χ1) is 16.1. The van der Waals surface area contributed by atoms with Crippen LogP contribution in [0.1, 0.15) is 58.1 Å². The number of anilines is 1. The van der Waals surface area contributed by atoms with Gasteiger partial charge in [0.2, 0.25) is 5.91 Å². The number of hydrogen-bond donors (Lipinski definition) is 2. The fraction of sp³-hybridized carbons (Fsp3) is 0.480. The van der Waals surface area contributed by atoms with Crippen LogP contribution in [0.15, 0.2) is 45.4 Å². The summed E-state index contributed by atoms with van der Waals surface area (Å²) in [5.41, 5.74) is 4.02. The average molecular weight is 503 g/mol. The van der Waals surface area contributed by atoms with Crippen LogP contribution in [0, 0.1) is 6.92 Å². The van der Waals surface area contributed by atoms with Crippen LogP contribution in [0.3, 0.4) is 0 Å². The van der Waals surface area contributed by atoms with Gasteiger partial charge in [0.05, 0.1) is 16.7 Å². The summed E-state index contributed by atoms with van der Waals surface area (Å²) in [7, 11) is 0. The number of fused-ring (bicyclic) bond motifs is 1. The van der Waals surface area contributed by atoms with Gasteiger partial charge >= 0.3 is 0 Å². The summed E-state index contributed by atoms with van der Waals surface area (Å²) in [6, 6.07) is 10.2. The molecule has 0 bridgehead atoms. The monoisotopic (exact) mass is 502 g/mol. The molecule has 178 valence electrons. The summed E-state index contributed by atoms with van der Waals surface area (Å²) in [4.78, 5) is 26.4. The molecule has 33 heavy (non-hydrogen) atoms. The number of aromatic amines is 1. The fourth-order valence-electron chi connectivity index (χ4n) is 3.53. The Bertz CT molecular complexity index is 977. The van der Waals surface area contributed by atoms with Gasteiger partial charge in [0.15, 0.2) is 5.16 Å². The van der Waals surface area contributed by atoms with Crippen molar-refractivity contribution in [1.82, 2.24) is 15.0 Å². The highest BCUT2D eigenvalue weighted by Gasteiger charge is 2.14. The van der Waals surface area contributed by atoms with Crippen molar-refractivity contribution >= 4 is 57.9 Å². The van der Waals surface area contributed by atoms with Gasteiger partial charge in [-0.2, -0.15) is 0 Å². The Balaban J connectivity index is 1.34. The van der Waals surface area contributed by atoms with Crippen molar-refractivity contribution in [3.8, 4) is 0 Å². The highest BCUT2D eigenvalue weighted by molar-refractivity contribution is 8.00. The van der Waals surface area contributed by atoms with E-state index >= 15 is 0 Å². The van der Waals surface area contributed by atoms with Gasteiger partial charge in [-0.25, -0.2) is 9.97 Å². The highest BCUT2D eigenvalue weighted by Crippen LogP contribution is 2.35. The molecule has 0 spiro atoms. The molecule has 2 aromatic heterocycles. The molecule has 0 saturated heterocycles. The van der Waals surface area contributed by atoms with Crippen LogP contribution in [-0.4, -0.2) is 38.1 Å². The molecule has 0 aliphatic heterocycles. The van der Waals surface area contributed by atoms with Crippen molar-refractivity contribution in [2.75, 3.05) is 22.6 Å². The first kappa shape index (κ1) is 26.0. The molecule has 2 heterocycles. The maximum atomic E-state index is 12.6. The first-order valence-corrected chi connectivity index (χ1v) is 14.7. The second-order valence-electron chi connectivity index (χ2n) is 7.78. The predicted molar refractivity (Wildman–Crippen MR) is 145 cm³/mol. The van der Waals surface area contributed by atoms with E-state index in [-0.39, 0.29) is 5.91 Å². The summed E-state index contributed by atoms with van der Waals surface area (Å²) in [6.07, 6.45) is 6.09. The fourth-order valence-corrected chi connectivity index (χ4v) is 6.12. The number of hydrogen-bond acceptors (Lipinski definition) is 6. The number of rotatable bonds is 14. The van der Waals surface area contributed by atoms with Crippen LogP contribution in [0.25, 0.3) is 11.0 Å². The number of nitrogens with zero attached hydrogens (tertiary/aromatic N) is 2. The number of thioether (sulfide) groups is 3. The molecule has 5 nitrogen and oxygen atoms in total. The maximum Gasteiger partial charge on any atom is 0.224 e. The van der Waals surface area contributed by atoms with Crippen molar-refractivity contribution in [1.29, 1.82) is 0 Å². The summed E-state index contributed by atoms with van der Waals surface area (Å²) in [5, 5.41) is 5.09. The number of pyridine rings is 1. The first-order valence-electron chi connectivity index (χ1n) is 11.7. The van der Waals surface area contributed by atoms with E-state index in [1.165, 1.54) is 6.42 Å². The molecule has 0 saturated carbocycles. The van der Waals surface area contributed by atoms with Crippen molar-refractivity contribution in [2.24, 2.45) is 0 Å². The molecular weight excluding hydrogens is 469 g/mol. The average Bonchev–Trinajstić information content (AvgIpc) is 3.21. The number of benzene rings is 1. The minimum absolute atomic E-state index is 0.0944. The molecule has 1 aromatic carbocycles. The Morgan fingerprint density at radius 1 is 0.970 bits per heavy atom. The lowest BCUT2D eigenvalue weighted by Crippen LogP contribution is -2.13. The van der Waals surface area contributed by atoms with E-state index in [9.17, 15) is 4.79 Å². The van der Waals surface area contributed by atoms with E-state index in [1.807, 2.05) is 25.1 Å². The molecule has 0 unspecified atom stereocenters. The summed E-state index contributed by atoms with van der Waals surface area (Å²) in [5.74, 6) is 3.06. The van der Waals surface area contributed by atoms with Crippen LogP contribution >= 0.6 is 35.3 Å². The van der Waals surface area contributed by atoms with Gasteiger partial charge in [-0.1, -0.05) is 57.0 Å². The zero-order valence-corrected chi connectivity index (χ0v) is 22.2. The number of aromatic nitrogens is 3. The largest absolute Gasteiger partial charge is 0.333 e. The van der Waals surface area contributed by atoms with Crippen LogP contribution in [0.5, 0.6) is 0 Å². The predicted octanol–water partition coefficient (Wildman–Crippen LogP) is 7.56. The molecule has 0 radical (unpaired) electrons. The quantitative estimate of drug-likeness (QED) is 0.175. The third-order valence-corrected chi connectivity index (χ3v) is 7.82. The minimum Gasteiger partial charge on any atom is -0.333 e. The van der Waals surface area contributed by atoms with E-state index in [0.29, 0.717) is 6.42 Å². The van der Waals surface area contributed by atoms with Gasteiger partial charge in [-0.3, -0.25) is 4.79 Å². The molecule has 0 aliphatic carbocycles. The molecule has 3 aromatic rings. The number of amides is 1. The highest BCUT2D eigenvalue weighted by atomic mass is 32.2. The Labute approximate surface area is 210 Å². The van der Waals surface area contributed by atoms with Crippen molar-refractivity contribution in [2.45, 2.75) is 74.4 Å². The summed E-state index contributed by atoms with van der Waals surface area (Å²) >= 11 is 5.24. The SMILES string of the molecule is CCSc1cc(C)nc(SCC)c1NC(=O)CCCCCCCSc1nc2ccccc2[nH]1. The normalized spacial score (nSPS) is 11.2. The molecular formula is C25H34N4OS3. The zero-order chi connectivity index (χ0) is 23.5. The van der Waals surface area contributed by atoms with Crippen molar-refractivity contribution < 1.29 is 4.79 Å². The molecule has 0 aliphatic rings. The van der Waals surface area contributed by atoms with Crippen LogP contribution in [0.4, 0.5) is 5.69 Å². The third kappa shape index (κ3) is 8.26. The second kappa shape index (κ2) is 13.9. The Morgan fingerprint density at radius 2 is 1.73 bits per heavy atom. The van der Waals surface area contributed by atoms with Crippen LogP contribution in [-0.2, 0) is 4.79 Å². The van der Waals surface area contributed by atoms with Gasteiger partial charge in [0.25, 0.3) is 0 Å². The number of para-hydroxylation sites is 2. The van der Waals surface area contributed by atoms with Crippen molar-refractivity contribution in [3.05, 3.63) is 36.0 Å². The second-order valence-corrected chi connectivity index (χ2v) is 11.4. The third-order valence-electron chi connectivity index (χ3n) is 5.08. The topological polar surface area (TPSA) is 70.7 Å². The van der Waals surface area contributed by atoms with Gasteiger partial charge in [-0.05, 0) is 49.5 Å². The summed E-state index contributed by atoms with van der Waals surface area (Å²) in [6.45, 7) is 6.26. The standard InChI is InChI=1S/C25H34N4OS3/c1-4-31-21-17-18(3)26-24(32-5-2)23(21)29-22(30)15-9-7-6-8-12-16-33-25-27-19-13-10-11-14-20(19)28-25/h10-11,13-14,17H,4-9,12,15-16H2,1-3H3,(H,27,28)(H,29,30). The Hall–Kier alpha value is -1.64. The lowest BCUT2D eigenvalue weighted by atomic mass is 10.1. The molecule has 0 atom stereocenters. The lowest BCUT2D eigenvalue weighted by molar-refractivity contribution is -0.116. The van der Waals surface area contributed by atoms with Crippen molar-refractivity contribution in [3.63, 3.8) is 0 Å². The minimum atomic E-state index is 0.0944. The van der Waals surface area contributed by atoms with Crippen LogP contribution in [0.2, 0.25) is 0 Å². The van der Waals surface area contributed by atoms with Gasteiger partial charge in [0, 0.05) is 22.8 Å². The number of imidazole rings is 1. The summed E-state index contributed by atoms with van der Waals surface area (Å²) < 4.78 is 0.